The Morgan fingerprint density at radius 1 is 1.31 bits per heavy atom. The number of rotatable bonds is 2. The minimum atomic E-state index is 0.398. The fourth-order valence-electron chi connectivity index (χ4n) is 1.36. The molecule has 4 nitrogen and oxygen atoms in total. The van der Waals surface area contributed by atoms with E-state index in [2.05, 4.69) is 10.1 Å². The van der Waals surface area contributed by atoms with Gasteiger partial charge in [-0.15, -0.1) is 0 Å². The maximum Gasteiger partial charge on any atom is 0.218 e. The van der Waals surface area contributed by atoms with Crippen molar-refractivity contribution in [1.82, 2.24) is 14.8 Å². The first kappa shape index (κ1) is 11.2. The molecule has 0 saturated heterocycles. The SMILES string of the molecule is Cn1nc(Cc2ccc(Cl)c(Cl)c2)nc1N. The summed E-state index contributed by atoms with van der Waals surface area (Å²) >= 11 is 11.7. The van der Waals surface area contributed by atoms with Gasteiger partial charge < -0.3 is 5.73 Å². The van der Waals surface area contributed by atoms with Crippen LogP contribution in [0.2, 0.25) is 10.0 Å². The summed E-state index contributed by atoms with van der Waals surface area (Å²) in [5.74, 6) is 1.06. The average Bonchev–Trinajstić information content (AvgIpc) is 2.52. The Hall–Kier alpha value is -1.26. The second kappa shape index (κ2) is 4.31. The molecule has 0 fully saturated rings. The van der Waals surface area contributed by atoms with E-state index in [1.807, 2.05) is 6.07 Å². The van der Waals surface area contributed by atoms with E-state index in [0.717, 1.165) is 5.56 Å². The van der Waals surface area contributed by atoms with Gasteiger partial charge in [-0.1, -0.05) is 29.3 Å². The molecule has 1 aromatic heterocycles. The molecule has 0 aliphatic rings. The summed E-state index contributed by atoms with van der Waals surface area (Å²) in [6.07, 6.45) is 0.585. The number of anilines is 1. The second-order valence-corrected chi connectivity index (χ2v) is 4.25. The minimum Gasteiger partial charge on any atom is -0.368 e. The molecule has 0 amide bonds. The van der Waals surface area contributed by atoms with E-state index in [1.165, 1.54) is 4.68 Å². The number of aromatic nitrogens is 3. The molecular formula is C10H10Cl2N4. The van der Waals surface area contributed by atoms with Crippen molar-refractivity contribution in [3.8, 4) is 0 Å². The van der Waals surface area contributed by atoms with Gasteiger partial charge in [-0.2, -0.15) is 10.1 Å². The molecule has 2 aromatic rings. The number of hydrogen-bond donors (Lipinski definition) is 1. The number of nitrogens with zero attached hydrogens (tertiary/aromatic N) is 3. The molecular weight excluding hydrogens is 247 g/mol. The molecule has 0 atom stereocenters. The Bertz CT molecular complexity index is 502. The van der Waals surface area contributed by atoms with Gasteiger partial charge in [0.1, 0.15) is 0 Å². The van der Waals surface area contributed by atoms with Gasteiger partial charge in [-0.3, -0.25) is 0 Å². The van der Waals surface area contributed by atoms with E-state index in [-0.39, 0.29) is 0 Å². The Kier molecular flexibility index (Phi) is 3.03. The first-order chi connectivity index (χ1) is 7.56. The van der Waals surface area contributed by atoms with E-state index in [1.54, 1.807) is 19.2 Å². The van der Waals surface area contributed by atoms with Gasteiger partial charge in [0.15, 0.2) is 5.82 Å². The van der Waals surface area contributed by atoms with Crippen LogP contribution < -0.4 is 5.73 Å². The van der Waals surface area contributed by atoms with E-state index in [9.17, 15) is 0 Å². The van der Waals surface area contributed by atoms with Gasteiger partial charge in [0.2, 0.25) is 5.95 Å². The lowest BCUT2D eigenvalue weighted by Gasteiger charge is -1.99. The second-order valence-electron chi connectivity index (χ2n) is 3.44. The van der Waals surface area contributed by atoms with E-state index in [4.69, 9.17) is 28.9 Å². The fraction of sp³-hybridized carbons (Fsp3) is 0.200. The summed E-state index contributed by atoms with van der Waals surface area (Å²) in [5.41, 5.74) is 6.59. The van der Waals surface area contributed by atoms with Crippen LogP contribution in [0.15, 0.2) is 18.2 Å². The normalized spacial score (nSPS) is 10.7. The standard InChI is InChI=1S/C10H10Cl2N4/c1-16-10(13)14-9(15-16)5-6-2-3-7(11)8(12)4-6/h2-4H,5H2,1H3,(H2,13,14,15). The van der Waals surface area contributed by atoms with Gasteiger partial charge in [0.05, 0.1) is 10.0 Å². The summed E-state index contributed by atoms with van der Waals surface area (Å²) in [6, 6.07) is 5.45. The van der Waals surface area contributed by atoms with Crippen molar-refractivity contribution in [2.45, 2.75) is 6.42 Å². The topological polar surface area (TPSA) is 56.7 Å². The smallest absolute Gasteiger partial charge is 0.218 e. The van der Waals surface area contributed by atoms with Gasteiger partial charge in [0.25, 0.3) is 0 Å². The zero-order valence-corrected chi connectivity index (χ0v) is 10.1. The zero-order chi connectivity index (χ0) is 11.7. The number of nitrogens with two attached hydrogens (primary N) is 1. The Morgan fingerprint density at radius 2 is 2.06 bits per heavy atom. The van der Waals surface area contributed by atoms with Crippen LogP contribution in [0.5, 0.6) is 0 Å². The molecule has 0 aliphatic heterocycles. The predicted molar refractivity (Wildman–Crippen MR) is 64.7 cm³/mol. The molecule has 0 spiro atoms. The molecule has 1 aromatic carbocycles. The van der Waals surface area contributed by atoms with Crippen molar-refractivity contribution in [2.24, 2.45) is 7.05 Å². The molecule has 1 heterocycles. The molecule has 0 bridgehead atoms. The first-order valence-electron chi connectivity index (χ1n) is 4.65. The van der Waals surface area contributed by atoms with Crippen LogP contribution in [0, 0.1) is 0 Å². The maximum absolute atomic E-state index is 5.91. The van der Waals surface area contributed by atoms with Crippen molar-refractivity contribution < 1.29 is 0 Å². The monoisotopic (exact) mass is 256 g/mol. The molecule has 84 valence electrons. The lowest BCUT2D eigenvalue weighted by molar-refractivity contribution is 0.759. The van der Waals surface area contributed by atoms with Crippen molar-refractivity contribution in [3.63, 3.8) is 0 Å². The van der Waals surface area contributed by atoms with Crippen LogP contribution in [-0.4, -0.2) is 14.8 Å². The molecule has 2 rings (SSSR count). The largest absolute Gasteiger partial charge is 0.368 e. The first-order valence-corrected chi connectivity index (χ1v) is 5.41. The van der Waals surface area contributed by atoms with Gasteiger partial charge in [-0.25, -0.2) is 4.68 Å². The zero-order valence-electron chi connectivity index (χ0n) is 8.61. The van der Waals surface area contributed by atoms with E-state index < -0.39 is 0 Å². The highest BCUT2D eigenvalue weighted by atomic mass is 35.5. The van der Waals surface area contributed by atoms with Crippen molar-refractivity contribution in [3.05, 3.63) is 39.6 Å². The summed E-state index contributed by atoms with van der Waals surface area (Å²) in [7, 11) is 1.75. The average molecular weight is 257 g/mol. The third-order valence-electron chi connectivity index (χ3n) is 2.19. The molecule has 0 radical (unpaired) electrons. The summed E-state index contributed by atoms with van der Waals surface area (Å²) < 4.78 is 1.53. The molecule has 16 heavy (non-hydrogen) atoms. The molecule has 0 aliphatic carbocycles. The highest BCUT2D eigenvalue weighted by molar-refractivity contribution is 6.42. The predicted octanol–water partition coefficient (Wildman–Crippen LogP) is 2.29. The van der Waals surface area contributed by atoms with Crippen LogP contribution in [0.1, 0.15) is 11.4 Å². The number of halogens is 2. The van der Waals surface area contributed by atoms with Crippen LogP contribution in [0.25, 0.3) is 0 Å². The van der Waals surface area contributed by atoms with E-state index >= 15 is 0 Å². The van der Waals surface area contributed by atoms with Gasteiger partial charge in [0, 0.05) is 13.5 Å². The lowest BCUT2D eigenvalue weighted by Crippen LogP contribution is -1.97. The molecule has 0 unspecified atom stereocenters. The Balaban J connectivity index is 2.23. The van der Waals surface area contributed by atoms with Gasteiger partial charge >= 0.3 is 0 Å². The fourth-order valence-corrected chi connectivity index (χ4v) is 1.68. The van der Waals surface area contributed by atoms with Crippen LogP contribution in [0.3, 0.4) is 0 Å². The highest BCUT2D eigenvalue weighted by Crippen LogP contribution is 2.23. The number of hydrogen-bond acceptors (Lipinski definition) is 3. The maximum atomic E-state index is 5.91. The van der Waals surface area contributed by atoms with Crippen molar-refractivity contribution in [1.29, 1.82) is 0 Å². The minimum absolute atomic E-state index is 0.398. The van der Waals surface area contributed by atoms with Gasteiger partial charge in [-0.05, 0) is 17.7 Å². The third-order valence-corrected chi connectivity index (χ3v) is 2.93. The van der Waals surface area contributed by atoms with Crippen molar-refractivity contribution >= 4 is 29.2 Å². The molecule has 2 N–H and O–H groups in total. The summed E-state index contributed by atoms with van der Waals surface area (Å²) in [5, 5.41) is 5.23. The number of benzene rings is 1. The van der Waals surface area contributed by atoms with Crippen molar-refractivity contribution in [2.75, 3.05) is 5.73 Å². The summed E-state index contributed by atoms with van der Waals surface area (Å²) in [6.45, 7) is 0. The molecule has 0 saturated carbocycles. The van der Waals surface area contributed by atoms with Crippen LogP contribution >= 0.6 is 23.2 Å². The quantitative estimate of drug-likeness (QED) is 0.897. The third kappa shape index (κ3) is 2.28. The van der Waals surface area contributed by atoms with Crippen LogP contribution in [0.4, 0.5) is 5.95 Å². The lowest BCUT2D eigenvalue weighted by atomic mass is 10.1. The number of nitrogen functional groups attached to an aromatic ring is 1. The Morgan fingerprint density at radius 3 is 2.62 bits per heavy atom. The van der Waals surface area contributed by atoms with E-state index in [0.29, 0.717) is 28.2 Å². The molecule has 6 heteroatoms. The van der Waals surface area contributed by atoms with Crippen LogP contribution in [-0.2, 0) is 13.5 Å². The Labute approximate surface area is 103 Å². The summed E-state index contributed by atoms with van der Waals surface area (Å²) in [4.78, 5) is 4.11. The highest BCUT2D eigenvalue weighted by Gasteiger charge is 2.06. The number of aryl methyl sites for hydroxylation is 1.